The molecule has 4 heteroatoms. The van der Waals surface area contributed by atoms with Gasteiger partial charge in [-0.25, -0.2) is 0 Å². The molecular formula is C13H15NO3. The highest BCUT2D eigenvalue weighted by Gasteiger charge is 2.34. The average molecular weight is 233 g/mol. The summed E-state index contributed by atoms with van der Waals surface area (Å²) in [6.45, 7) is 2.82. The zero-order valence-corrected chi connectivity index (χ0v) is 9.72. The summed E-state index contributed by atoms with van der Waals surface area (Å²) in [5.41, 5.74) is 2.20. The Bertz CT molecular complexity index is 456. The molecule has 1 aliphatic rings. The standard InChI is InChI=1S/C13H15NO3/c1-9-4-2-3-5-10(9)7-14-8-11(13(16)17)6-12(14)15/h2-5,11H,6-8H2,1H3,(H,16,17). The van der Waals surface area contributed by atoms with Crippen molar-refractivity contribution in [1.82, 2.24) is 4.90 Å². The van der Waals surface area contributed by atoms with Gasteiger partial charge in [0.1, 0.15) is 0 Å². The summed E-state index contributed by atoms with van der Waals surface area (Å²) in [5.74, 6) is -1.50. The lowest BCUT2D eigenvalue weighted by atomic mass is 10.1. The van der Waals surface area contributed by atoms with Crippen molar-refractivity contribution >= 4 is 11.9 Å². The van der Waals surface area contributed by atoms with Crippen LogP contribution < -0.4 is 0 Å². The van der Waals surface area contributed by atoms with Crippen molar-refractivity contribution in [2.45, 2.75) is 19.9 Å². The largest absolute Gasteiger partial charge is 0.481 e. The van der Waals surface area contributed by atoms with E-state index in [-0.39, 0.29) is 12.3 Å². The van der Waals surface area contributed by atoms with Crippen molar-refractivity contribution in [2.75, 3.05) is 6.54 Å². The van der Waals surface area contributed by atoms with Crippen LogP contribution in [0.4, 0.5) is 0 Å². The molecule has 1 aliphatic heterocycles. The lowest BCUT2D eigenvalue weighted by molar-refractivity contribution is -0.141. The SMILES string of the molecule is Cc1ccccc1CN1CC(C(=O)O)CC1=O. The molecular weight excluding hydrogens is 218 g/mol. The Morgan fingerprint density at radius 3 is 2.76 bits per heavy atom. The molecule has 1 unspecified atom stereocenters. The van der Waals surface area contributed by atoms with Crippen LogP contribution in [0.25, 0.3) is 0 Å². The number of carboxylic acids is 1. The van der Waals surface area contributed by atoms with Gasteiger partial charge in [0, 0.05) is 19.5 Å². The van der Waals surface area contributed by atoms with E-state index in [4.69, 9.17) is 5.11 Å². The third-order valence-electron chi connectivity index (χ3n) is 3.19. The average Bonchev–Trinajstić information content (AvgIpc) is 2.64. The topological polar surface area (TPSA) is 57.6 Å². The second kappa shape index (κ2) is 4.57. The van der Waals surface area contributed by atoms with Gasteiger partial charge in [-0.2, -0.15) is 0 Å². The number of nitrogens with zero attached hydrogens (tertiary/aromatic N) is 1. The second-order valence-electron chi connectivity index (χ2n) is 4.44. The quantitative estimate of drug-likeness (QED) is 0.859. The van der Waals surface area contributed by atoms with Crippen LogP contribution in [-0.4, -0.2) is 28.4 Å². The molecule has 17 heavy (non-hydrogen) atoms. The second-order valence-corrected chi connectivity index (χ2v) is 4.44. The minimum atomic E-state index is -0.884. The first-order valence-corrected chi connectivity index (χ1v) is 5.63. The highest BCUT2D eigenvalue weighted by atomic mass is 16.4. The first-order valence-electron chi connectivity index (χ1n) is 5.63. The molecule has 1 saturated heterocycles. The Hall–Kier alpha value is -1.84. The van der Waals surface area contributed by atoms with Gasteiger partial charge in [-0.1, -0.05) is 24.3 Å². The number of carbonyl (C=O) groups excluding carboxylic acids is 1. The number of aliphatic carboxylic acids is 1. The molecule has 2 rings (SSSR count). The molecule has 0 spiro atoms. The molecule has 1 aromatic carbocycles. The van der Waals surface area contributed by atoms with Crippen LogP contribution in [0, 0.1) is 12.8 Å². The van der Waals surface area contributed by atoms with Crippen LogP contribution in [0.1, 0.15) is 17.5 Å². The number of rotatable bonds is 3. The van der Waals surface area contributed by atoms with Crippen molar-refractivity contribution in [3.05, 3.63) is 35.4 Å². The van der Waals surface area contributed by atoms with Gasteiger partial charge in [0.2, 0.25) is 5.91 Å². The maximum atomic E-state index is 11.7. The summed E-state index contributed by atoms with van der Waals surface area (Å²) < 4.78 is 0. The van der Waals surface area contributed by atoms with Gasteiger partial charge < -0.3 is 10.0 Å². The summed E-state index contributed by atoms with van der Waals surface area (Å²) in [5, 5.41) is 8.89. The molecule has 1 atom stereocenters. The molecule has 1 aromatic rings. The zero-order chi connectivity index (χ0) is 12.4. The normalized spacial score (nSPS) is 19.7. The summed E-state index contributed by atoms with van der Waals surface area (Å²) in [4.78, 5) is 24.1. The number of hydrogen-bond donors (Lipinski definition) is 1. The highest BCUT2D eigenvalue weighted by molar-refractivity contribution is 5.86. The predicted molar refractivity (Wildman–Crippen MR) is 62.3 cm³/mol. The van der Waals surface area contributed by atoms with Crippen molar-refractivity contribution in [1.29, 1.82) is 0 Å². The Balaban J connectivity index is 2.08. The van der Waals surface area contributed by atoms with Gasteiger partial charge in [0.05, 0.1) is 5.92 Å². The van der Waals surface area contributed by atoms with E-state index in [1.54, 1.807) is 4.90 Å². The first kappa shape index (κ1) is 11.6. The van der Waals surface area contributed by atoms with E-state index in [1.165, 1.54) is 0 Å². The summed E-state index contributed by atoms with van der Waals surface area (Å²) in [6, 6.07) is 7.84. The maximum absolute atomic E-state index is 11.7. The van der Waals surface area contributed by atoms with E-state index in [0.29, 0.717) is 13.1 Å². The number of carbonyl (C=O) groups is 2. The van der Waals surface area contributed by atoms with Crippen molar-refractivity contribution in [3.8, 4) is 0 Å². The van der Waals surface area contributed by atoms with Gasteiger partial charge in [-0.3, -0.25) is 9.59 Å². The van der Waals surface area contributed by atoms with E-state index in [2.05, 4.69) is 0 Å². The van der Waals surface area contributed by atoms with Crippen molar-refractivity contribution in [2.24, 2.45) is 5.92 Å². The van der Waals surface area contributed by atoms with E-state index < -0.39 is 11.9 Å². The fourth-order valence-electron chi connectivity index (χ4n) is 2.08. The van der Waals surface area contributed by atoms with Crippen LogP contribution >= 0.6 is 0 Å². The Morgan fingerprint density at radius 1 is 1.47 bits per heavy atom. The van der Waals surface area contributed by atoms with Gasteiger partial charge >= 0.3 is 5.97 Å². The fraction of sp³-hybridized carbons (Fsp3) is 0.385. The number of hydrogen-bond acceptors (Lipinski definition) is 2. The molecule has 90 valence electrons. The summed E-state index contributed by atoms with van der Waals surface area (Å²) >= 11 is 0. The Labute approximate surface area is 99.9 Å². The molecule has 1 N–H and O–H groups in total. The van der Waals surface area contributed by atoms with Crippen LogP contribution in [0.2, 0.25) is 0 Å². The number of likely N-dealkylation sites (tertiary alicyclic amines) is 1. The summed E-state index contributed by atoms with van der Waals surface area (Å²) in [7, 11) is 0. The molecule has 1 heterocycles. The Morgan fingerprint density at radius 2 is 2.18 bits per heavy atom. The Kier molecular flexibility index (Phi) is 3.13. The predicted octanol–water partition coefficient (Wildman–Crippen LogP) is 1.43. The number of aryl methyl sites for hydroxylation is 1. The van der Waals surface area contributed by atoms with Gasteiger partial charge in [-0.05, 0) is 18.1 Å². The third-order valence-corrected chi connectivity index (χ3v) is 3.19. The van der Waals surface area contributed by atoms with Crippen LogP contribution in [0.5, 0.6) is 0 Å². The number of amides is 1. The molecule has 0 saturated carbocycles. The molecule has 4 nitrogen and oxygen atoms in total. The van der Waals surface area contributed by atoms with Crippen molar-refractivity contribution < 1.29 is 14.7 Å². The maximum Gasteiger partial charge on any atom is 0.308 e. The molecule has 0 bridgehead atoms. The minimum Gasteiger partial charge on any atom is -0.481 e. The monoisotopic (exact) mass is 233 g/mol. The third kappa shape index (κ3) is 2.46. The minimum absolute atomic E-state index is 0.0688. The molecule has 0 radical (unpaired) electrons. The van der Waals surface area contributed by atoms with Crippen LogP contribution in [-0.2, 0) is 16.1 Å². The van der Waals surface area contributed by atoms with E-state index in [9.17, 15) is 9.59 Å². The number of carboxylic acid groups (broad SMARTS) is 1. The molecule has 1 fully saturated rings. The first-order chi connectivity index (χ1) is 8.08. The number of benzene rings is 1. The lowest BCUT2D eigenvalue weighted by Gasteiger charge is -2.17. The molecule has 0 aromatic heterocycles. The van der Waals surface area contributed by atoms with Gasteiger partial charge in [0.15, 0.2) is 0 Å². The highest BCUT2D eigenvalue weighted by Crippen LogP contribution is 2.21. The van der Waals surface area contributed by atoms with Crippen LogP contribution in [0.15, 0.2) is 24.3 Å². The molecule has 1 amide bonds. The lowest BCUT2D eigenvalue weighted by Crippen LogP contribution is -2.26. The van der Waals surface area contributed by atoms with Gasteiger partial charge in [-0.15, -0.1) is 0 Å². The molecule has 0 aliphatic carbocycles. The van der Waals surface area contributed by atoms with E-state index in [1.807, 2.05) is 31.2 Å². The van der Waals surface area contributed by atoms with Crippen LogP contribution in [0.3, 0.4) is 0 Å². The van der Waals surface area contributed by atoms with E-state index >= 15 is 0 Å². The smallest absolute Gasteiger partial charge is 0.308 e. The zero-order valence-electron chi connectivity index (χ0n) is 9.72. The van der Waals surface area contributed by atoms with Crippen molar-refractivity contribution in [3.63, 3.8) is 0 Å². The summed E-state index contributed by atoms with van der Waals surface area (Å²) in [6.07, 6.45) is 0.126. The van der Waals surface area contributed by atoms with E-state index in [0.717, 1.165) is 11.1 Å². The fourth-order valence-corrected chi connectivity index (χ4v) is 2.08. The van der Waals surface area contributed by atoms with Gasteiger partial charge in [0.25, 0.3) is 0 Å².